The highest BCUT2D eigenvalue weighted by atomic mass is 16.4. The van der Waals surface area contributed by atoms with Gasteiger partial charge >= 0.3 is 5.97 Å². The van der Waals surface area contributed by atoms with Crippen LogP contribution in [0.3, 0.4) is 0 Å². The van der Waals surface area contributed by atoms with Crippen LogP contribution >= 0.6 is 0 Å². The predicted octanol–water partition coefficient (Wildman–Crippen LogP) is 1.17. The molecular formula is C13H15N3O4. The Morgan fingerprint density at radius 1 is 1.50 bits per heavy atom. The number of carbonyl (C=O) groups excluding carboxylic acids is 1. The lowest BCUT2D eigenvalue weighted by atomic mass is 10.2. The molecule has 7 nitrogen and oxygen atoms in total. The van der Waals surface area contributed by atoms with Gasteiger partial charge in [0.2, 0.25) is 0 Å². The summed E-state index contributed by atoms with van der Waals surface area (Å²) in [5.74, 6) is -0.619. The van der Waals surface area contributed by atoms with Crippen molar-refractivity contribution in [2.45, 2.75) is 19.9 Å². The molecule has 0 saturated carbocycles. The minimum absolute atomic E-state index is 0.0144. The fraction of sp³-hybridized carbons (Fsp3) is 0.308. The molecule has 0 aliphatic rings. The van der Waals surface area contributed by atoms with Gasteiger partial charge in [0.1, 0.15) is 5.76 Å². The fourth-order valence-electron chi connectivity index (χ4n) is 1.80. The molecule has 20 heavy (non-hydrogen) atoms. The third-order valence-electron chi connectivity index (χ3n) is 2.82. The summed E-state index contributed by atoms with van der Waals surface area (Å²) >= 11 is 0. The third kappa shape index (κ3) is 3.05. The molecule has 2 aromatic heterocycles. The maximum atomic E-state index is 11.9. The summed E-state index contributed by atoms with van der Waals surface area (Å²) in [6.45, 7) is 2.74. The molecule has 0 aliphatic carbocycles. The average Bonchev–Trinajstić information content (AvgIpc) is 3.07. The Kier molecular flexibility index (Phi) is 4.19. The first-order valence-corrected chi connectivity index (χ1v) is 6.21. The van der Waals surface area contributed by atoms with Crippen LogP contribution in [0.5, 0.6) is 0 Å². The van der Waals surface area contributed by atoms with Crippen molar-refractivity contribution in [2.24, 2.45) is 0 Å². The molecule has 0 unspecified atom stereocenters. The molecule has 1 amide bonds. The zero-order valence-electron chi connectivity index (χ0n) is 11.0. The molecule has 0 bridgehead atoms. The van der Waals surface area contributed by atoms with Crippen LogP contribution in [-0.2, 0) is 13.0 Å². The second-order valence-corrected chi connectivity index (χ2v) is 4.17. The molecule has 106 valence electrons. The molecule has 0 atom stereocenters. The van der Waals surface area contributed by atoms with Crippen LogP contribution in [0.1, 0.15) is 33.5 Å². The molecule has 0 spiro atoms. The zero-order chi connectivity index (χ0) is 14.5. The largest absolute Gasteiger partial charge is 0.476 e. The van der Waals surface area contributed by atoms with E-state index in [-0.39, 0.29) is 11.6 Å². The van der Waals surface area contributed by atoms with Crippen molar-refractivity contribution >= 4 is 11.9 Å². The van der Waals surface area contributed by atoms with Crippen molar-refractivity contribution in [3.05, 3.63) is 41.9 Å². The topological polar surface area (TPSA) is 97.4 Å². The summed E-state index contributed by atoms with van der Waals surface area (Å²) in [6.07, 6.45) is 4.98. The number of amides is 1. The number of rotatable bonds is 6. The molecule has 2 heterocycles. The van der Waals surface area contributed by atoms with Crippen LogP contribution in [0.2, 0.25) is 0 Å². The zero-order valence-corrected chi connectivity index (χ0v) is 11.0. The van der Waals surface area contributed by atoms with E-state index in [1.807, 2.05) is 6.92 Å². The second-order valence-electron chi connectivity index (χ2n) is 4.17. The Morgan fingerprint density at radius 3 is 2.95 bits per heavy atom. The van der Waals surface area contributed by atoms with E-state index in [1.54, 1.807) is 10.6 Å². The van der Waals surface area contributed by atoms with Crippen molar-refractivity contribution in [1.82, 2.24) is 14.9 Å². The number of carbonyl (C=O) groups is 2. The minimum Gasteiger partial charge on any atom is -0.476 e. The Morgan fingerprint density at radius 2 is 2.30 bits per heavy atom. The van der Waals surface area contributed by atoms with E-state index in [0.717, 1.165) is 0 Å². The molecule has 2 N–H and O–H groups in total. The summed E-state index contributed by atoms with van der Waals surface area (Å²) in [7, 11) is 0. The van der Waals surface area contributed by atoms with Gasteiger partial charge in [-0.3, -0.25) is 4.79 Å². The minimum atomic E-state index is -1.07. The second kappa shape index (κ2) is 6.05. The van der Waals surface area contributed by atoms with Crippen LogP contribution in [0, 0.1) is 0 Å². The highest BCUT2D eigenvalue weighted by Crippen LogP contribution is 2.10. The molecule has 0 fully saturated rings. The summed E-state index contributed by atoms with van der Waals surface area (Å²) in [6, 6.07) is 1.63. The summed E-state index contributed by atoms with van der Waals surface area (Å²) in [5, 5.41) is 11.5. The molecule has 0 radical (unpaired) electrons. The molecule has 0 saturated heterocycles. The van der Waals surface area contributed by atoms with Crippen molar-refractivity contribution < 1.29 is 19.1 Å². The first kappa shape index (κ1) is 13.9. The van der Waals surface area contributed by atoms with E-state index >= 15 is 0 Å². The maximum Gasteiger partial charge on any atom is 0.356 e. The first-order chi connectivity index (χ1) is 9.61. The van der Waals surface area contributed by atoms with Gasteiger partial charge in [-0.2, -0.15) is 0 Å². The maximum absolute atomic E-state index is 11.9. The fourth-order valence-corrected chi connectivity index (χ4v) is 1.80. The highest BCUT2D eigenvalue weighted by molar-refractivity contribution is 5.95. The third-order valence-corrected chi connectivity index (χ3v) is 2.82. The molecule has 7 heteroatoms. The summed E-state index contributed by atoms with van der Waals surface area (Å²) < 4.78 is 6.80. The molecule has 2 rings (SSSR count). The number of hydrogen-bond acceptors (Lipinski definition) is 4. The molecular weight excluding hydrogens is 262 g/mol. The number of imidazole rings is 1. The van der Waals surface area contributed by atoms with Crippen LogP contribution in [0.15, 0.2) is 29.3 Å². The van der Waals surface area contributed by atoms with Crippen molar-refractivity contribution in [3.63, 3.8) is 0 Å². The van der Waals surface area contributed by atoms with Gasteiger partial charge in [0.05, 0.1) is 18.2 Å². The average molecular weight is 277 g/mol. The number of aromatic carboxylic acids is 1. The molecule has 0 aromatic carbocycles. The van der Waals surface area contributed by atoms with Crippen molar-refractivity contribution in [1.29, 1.82) is 0 Å². The van der Waals surface area contributed by atoms with Gasteiger partial charge in [-0.15, -0.1) is 0 Å². The van der Waals surface area contributed by atoms with E-state index in [4.69, 9.17) is 9.52 Å². The Balaban J connectivity index is 1.86. The molecule has 0 aliphatic heterocycles. The first-order valence-electron chi connectivity index (χ1n) is 6.21. The number of aryl methyl sites for hydroxylation is 1. The number of nitrogens with zero attached hydrogens (tertiary/aromatic N) is 2. The smallest absolute Gasteiger partial charge is 0.356 e. The normalized spacial score (nSPS) is 10.4. The van der Waals surface area contributed by atoms with E-state index in [0.29, 0.717) is 30.8 Å². The number of furan rings is 1. The number of carboxylic acid groups (broad SMARTS) is 1. The molecule has 2 aromatic rings. The number of hydrogen-bond donors (Lipinski definition) is 2. The van der Waals surface area contributed by atoms with Crippen LogP contribution < -0.4 is 5.32 Å². The van der Waals surface area contributed by atoms with Gasteiger partial charge in [-0.1, -0.05) is 6.92 Å². The number of nitrogens with one attached hydrogen (secondary N) is 1. The van der Waals surface area contributed by atoms with Gasteiger partial charge in [0, 0.05) is 25.7 Å². The van der Waals surface area contributed by atoms with Crippen LogP contribution in [0.4, 0.5) is 0 Å². The monoisotopic (exact) mass is 277 g/mol. The lowest BCUT2D eigenvalue weighted by Gasteiger charge is -2.05. The predicted molar refractivity (Wildman–Crippen MR) is 69.6 cm³/mol. The summed E-state index contributed by atoms with van der Waals surface area (Å²) in [5.41, 5.74) is 0.517. The number of aromatic nitrogens is 2. The van der Waals surface area contributed by atoms with E-state index in [2.05, 4.69) is 10.3 Å². The van der Waals surface area contributed by atoms with Crippen LogP contribution in [0.25, 0.3) is 0 Å². The Hall–Kier alpha value is -2.57. The SMILES string of the molecule is CCc1occc1C(=O)NCCn1cnc(C(=O)O)c1. The van der Waals surface area contributed by atoms with Crippen LogP contribution in [-0.4, -0.2) is 33.1 Å². The van der Waals surface area contributed by atoms with Crippen molar-refractivity contribution in [3.8, 4) is 0 Å². The van der Waals surface area contributed by atoms with Gasteiger partial charge in [0.25, 0.3) is 5.91 Å². The van der Waals surface area contributed by atoms with Gasteiger partial charge in [-0.05, 0) is 6.07 Å². The van der Waals surface area contributed by atoms with E-state index in [1.165, 1.54) is 18.8 Å². The highest BCUT2D eigenvalue weighted by Gasteiger charge is 2.12. The number of carboxylic acids is 1. The van der Waals surface area contributed by atoms with Gasteiger partial charge < -0.3 is 19.4 Å². The van der Waals surface area contributed by atoms with Gasteiger partial charge in [-0.25, -0.2) is 9.78 Å². The lowest BCUT2D eigenvalue weighted by Crippen LogP contribution is -2.27. The van der Waals surface area contributed by atoms with Crippen molar-refractivity contribution in [2.75, 3.05) is 6.54 Å². The summed E-state index contributed by atoms with van der Waals surface area (Å²) in [4.78, 5) is 26.3. The quantitative estimate of drug-likeness (QED) is 0.826. The Bertz CT molecular complexity index is 615. The van der Waals surface area contributed by atoms with E-state index in [9.17, 15) is 9.59 Å². The Labute approximate surface area is 115 Å². The standard InChI is InChI=1S/C13H15N3O4/c1-2-11-9(3-6-20-11)12(17)14-4-5-16-7-10(13(18)19)15-8-16/h3,6-8H,2,4-5H2,1H3,(H,14,17)(H,18,19). The van der Waals surface area contributed by atoms with E-state index < -0.39 is 5.97 Å². The van der Waals surface area contributed by atoms with Gasteiger partial charge in [0.15, 0.2) is 5.69 Å². The lowest BCUT2D eigenvalue weighted by molar-refractivity contribution is 0.0690.